The van der Waals surface area contributed by atoms with Gasteiger partial charge in [-0.05, 0) is 25.3 Å². The van der Waals surface area contributed by atoms with E-state index in [0.29, 0.717) is 45.9 Å². The fourth-order valence-corrected chi connectivity index (χ4v) is 4.47. The van der Waals surface area contributed by atoms with Crippen molar-refractivity contribution in [3.05, 3.63) is 58.5 Å². The lowest BCUT2D eigenvalue weighted by molar-refractivity contribution is -0.137. The number of rotatable bonds is 5. The number of anilines is 1. The molecule has 0 aliphatic carbocycles. The summed E-state index contributed by atoms with van der Waals surface area (Å²) in [6.07, 6.45) is 3.11. The Bertz CT molecular complexity index is 1020. The van der Waals surface area contributed by atoms with Crippen molar-refractivity contribution in [3.63, 3.8) is 0 Å². The molecule has 9 nitrogen and oxygen atoms in total. The molecule has 2 aromatic rings. The van der Waals surface area contributed by atoms with Crippen LogP contribution in [-0.4, -0.2) is 77.5 Å². The van der Waals surface area contributed by atoms with Crippen molar-refractivity contribution in [2.45, 2.75) is 26.3 Å². The Morgan fingerprint density at radius 3 is 2.48 bits per heavy atom. The average molecular weight is 454 g/mol. The van der Waals surface area contributed by atoms with Gasteiger partial charge < -0.3 is 19.4 Å². The van der Waals surface area contributed by atoms with Gasteiger partial charge in [0.15, 0.2) is 0 Å². The molecule has 0 saturated carbocycles. The molecule has 2 amide bonds. The molecule has 9 heteroatoms. The van der Waals surface area contributed by atoms with Crippen molar-refractivity contribution in [1.29, 1.82) is 0 Å². The highest BCUT2D eigenvalue weighted by Gasteiger charge is 2.32. The number of carbonyl (C=O) groups excluding carboxylic acids is 2. The summed E-state index contributed by atoms with van der Waals surface area (Å²) in [6, 6.07) is 11.4. The average Bonchev–Trinajstić information content (AvgIpc) is 2.86. The normalized spacial score (nSPS) is 18.8. The summed E-state index contributed by atoms with van der Waals surface area (Å²) in [5.74, 6) is -0.00627. The number of amides is 2. The number of ether oxygens (including phenoxy) is 1. The zero-order valence-corrected chi connectivity index (χ0v) is 19.1. The van der Waals surface area contributed by atoms with Gasteiger partial charge >= 0.3 is 6.09 Å². The number of hydrogen-bond acceptors (Lipinski definition) is 6. The first-order chi connectivity index (χ1) is 16.0. The summed E-state index contributed by atoms with van der Waals surface area (Å²) < 4.78 is 6.50. The minimum Gasteiger partial charge on any atom is -0.450 e. The largest absolute Gasteiger partial charge is 0.450 e. The van der Waals surface area contributed by atoms with Gasteiger partial charge in [-0.25, -0.2) is 9.48 Å². The Morgan fingerprint density at radius 1 is 1.06 bits per heavy atom. The van der Waals surface area contributed by atoms with Crippen LogP contribution in [0.3, 0.4) is 0 Å². The lowest BCUT2D eigenvalue weighted by Gasteiger charge is -2.39. The molecular weight excluding hydrogens is 422 g/mol. The number of aromatic nitrogens is 2. The molecule has 3 heterocycles. The van der Waals surface area contributed by atoms with E-state index in [0.717, 1.165) is 30.6 Å². The summed E-state index contributed by atoms with van der Waals surface area (Å²) in [4.78, 5) is 43.3. The van der Waals surface area contributed by atoms with Gasteiger partial charge in [0.2, 0.25) is 5.91 Å². The molecule has 2 saturated heterocycles. The standard InChI is InChI=1S/C24H31N5O4/c1-2-33-24(32)27-13-11-26(12-14-27)23(31)20-9-6-10-28(18-20)21-15-22(30)29(25-16-21)17-19-7-4-3-5-8-19/h3-5,7-8,15-16,20H,2,6,9-14,17-18H2,1H3/t20-/m1/s1. The molecule has 1 atom stereocenters. The quantitative estimate of drug-likeness (QED) is 0.686. The maximum absolute atomic E-state index is 13.1. The van der Waals surface area contributed by atoms with Crippen molar-refractivity contribution in [1.82, 2.24) is 19.6 Å². The first-order valence-corrected chi connectivity index (χ1v) is 11.6. The van der Waals surface area contributed by atoms with E-state index in [1.165, 1.54) is 4.68 Å². The van der Waals surface area contributed by atoms with E-state index in [4.69, 9.17) is 4.74 Å². The van der Waals surface area contributed by atoms with Gasteiger partial charge in [0.1, 0.15) is 0 Å². The highest BCUT2D eigenvalue weighted by molar-refractivity contribution is 5.80. The number of nitrogens with zero attached hydrogens (tertiary/aromatic N) is 5. The van der Waals surface area contributed by atoms with Gasteiger partial charge in [-0.2, -0.15) is 5.10 Å². The lowest BCUT2D eigenvalue weighted by atomic mass is 9.96. The minimum absolute atomic E-state index is 0.119. The Labute approximate surface area is 193 Å². The molecule has 2 aliphatic rings. The zero-order valence-electron chi connectivity index (χ0n) is 19.1. The van der Waals surface area contributed by atoms with Gasteiger partial charge in [0.25, 0.3) is 5.56 Å². The molecule has 0 N–H and O–H groups in total. The molecule has 0 unspecified atom stereocenters. The van der Waals surface area contributed by atoms with Gasteiger partial charge in [0.05, 0.1) is 31.0 Å². The number of piperidine rings is 1. The van der Waals surface area contributed by atoms with Crippen LogP contribution in [0.5, 0.6) is 0 Å². The summed E-state index contributed by atoms with van der Waals surface area (Å²) in [5.41, 5.74) is 1.63. The molecule has 2 aliphatic heterocycles. The van der Waals surface area contributed by atoms with E-state index in [9.17, 15) is 14.4 Å². The van der Waals surface area contributed by atoms with E-state index in [-0.39, 0.29) is 23.5 Å². The van der Waals surface area contributed by atoms with Crippen LogP contribution in [0.25, 0.3) is 0 Å². The van der Waals surface area contributed by atoms with Crippen molar-refractivity contribution in [3.8, 4) is 0 Å². The summed E-state index contributed by atoms with van der Waals surface area (Å²) in [7, 11) is 0. The molecule has 1 aromatic heterocycles. The SMILES string of the molecule is CCOC(=O)N1CCN(C(=O)[C@@H]2CCCN(c3cnn(Cc4ccccc4)c(=O)c3)C2)CC1. The van der Waals surface area contributed by atoms with Gasteiger partial charge in [-0.3, -0.25) is 9.59 Å². The maximum Gasteiger partial charge on any atom is 0.409 e. The zero-order chi connectivity index (χ0) is 23.2. The number of benzene rings is 1. The maximum atomic E-state index is 13.1. The lowest BCUT2D eigenvalue weighted by Crippen LogP contribution is -2.53. The topological polar surface area (TPSA) is 88.0 Å². The summed E-state index contributed by atoms with van der Waals surface area (Å²) in [5, 5.41) is 4.37. The summed E-state index contributed by atoms with van der Waals surface area (Å²) >= 11 is 0. The first-order valence-electron chi connectivity index (χ1n) is 11.6. The summed E-state index contributed by atoms with van der Waals surface area (Å²) in [6.45, 7) is 5.95. The predicted molar refractivity (Wildman–Crippen MR) is 124 cm³/mol. The van der Waals surface area contributed by atoms with Gasteiger partial charge in [-0.1, -0.05) is 30.3 Å². The monoisotopic (exact) mass is 453 g/mol. The minimum atomic E-state index is -0.317. The first kappa shape index (κ1) is 22.8. The van der Waals surface area contributed by atoms with Crippen LogP contribution in [0.2, 0.25) is 0 Å². The fraction of sp³-hybridized carbons (Fsp3) is 0.500. The Morgan fingerprint density at radius 2 is 1.79 bits per heavy atom. The van der Waals surface area contributed by atoms with Crippen LogP contribution in [0, 0.1) is 5.92 Å². The number of piperazine rings is 1. The van der Waals surface area contributed by atoms with E-state index >= 15 is 0 Å². The van der Waals surface area contributed by atoms with Crippen LogP contribution < -0.4 is 10.5 Å². The van der Waals surface area contributed by atoms with Crippen molar-refractivity contribution >= 4 is 17.7 Å². The Kier molecular flexibility index (Phi) is 7.26. The molecule has 33 heavy (non-hydrogen) atoms. The third-order valence-electron chi connectivity index (χ3n) is 6.28. The molecule has 1 aromatic carbocycles. The third kappa shape index (κ3) is 5.53. The van der Waals surface area contributed by atoms with Crippen LogP contribution >= 0.6 is 0 Å². The molecular formula is C24H31N5O4. The second-order valence-corrected chi connectivity index (χ2v) is 8.49. The Hall–Kier alpha value is -3.36. The van der Waals surface area contributed by atoms with E-state index in [1.807, 2.05) is 35.2 Å². The highest BCUT2D eigenvalue weighted by atomic mass is 16.6. The fourth-order valence-electron chi connectivity index (χ4n) is 4.47. The molecule has 0 bridgehead atoms. The second kappa shape index (κ2) is 10.5. The smallest absolute Gasteiger partial charge is 0.409 e. The van der Waals surface area contributed by atoms with Crippen molar-refractivity contribution in [2.75, 3.05) is 50.8 Å². The molecule has 4 rings (SSSR count). The van der Waals surface area contributed by atoms with Crippen LogP contribution in [0.15, 0.2) is 47.4 Å². The third-order valence-corrected chi connectivity index (χ3v) is 6.28. The molecule has 2 fully saturated rings. The van der Waals surface area contributed by atoms with E-state index in [2.05, 4.69) is 10.00 Å². The molecule has 0 radical (unpaired) electrons. The van der Waals surface area contributed by atoms with Crippen LogP contribution in [0.1, 0.15) is 25.3 Å². The molecule has 0 spiro atoms. The number of hydrogen-bond donors (Lipinski definition) is 0. The van der Waals surface area contributed by atoms with Gasteiger partial charge in [0, 0.05) is 45.3 Å². The highest BCUT2D eigenvalue weighted by Crippen LogP contribution is 2.24. The van der Waals surface area contributed by atoms with E-state index in [1.54, 1.807) is 24.1 Å². The van der Waals surface area contributed by atoms with E-state index < -0.39 is 0 Å². The molecule has 176 valence electrons. The van der Waals surface area contributed by atoms with Gasteiger partial charge in [-0.15, -0.1) is 0 Å². The predicted octanol–water partition coefficient (Wildman–Crippen LogP) is 1.81. The van der Waals surface area contributed by atoms with Crippen LogP contribution in [0.4, 0.5) is 10.5 Å². The number of carbonyl (C=O) groups is 2. The van der Waals surface area contributed by atoms with Crippen LogP contribution in [-0.2, 0) is 16.1 Å². The Balaban J connectivity index is 1.35. The van der Waals surface area contributed by atoms with Crippen molar-refractivity contribution in [2.24, 2.45) is 5.92 Å². The van der Waals surface area contributed by atoms with Crippen molar-refractivity contribution < 1.29 is 14.3 Å². The second-order valence-electron chi connectivity index (χ2n) is 8.49.